The van der Waals surface area contributed by atoms with Crippen molar-refractivity contribution in [3.63, 3.8) is 0 Å². The van der Waals surface area contributed by atoms with Crippen LogP contribution in [0.3, 0.4) is 0 Å². The molecule has 0 amide bonds. The second kappa shape index (κ2) is 7.46. The molecule has 2 nitrogen and oxygen atoms in total. The van der Waals surface area contributed by atoms with E-state index in [0.717, 1.165) is 25.9 Å². The van der Waals surface area contributed by atoms with Gasteiger partial charge in [-0.3, -0.25) is 0 Å². The van der Waals surface area contributed by atoms with Crippen LogP contribution in [-0.2, 0) is 12.8 Å². The number of nitrogens with zero attached hydrogens (tertiary/aromatic N) is 2. The van der Waals surface area contributed by atoms with Crippen LogP contribution in [0, 0.1) is 0 Å². The van der Waals surface area contributed by atoms with Gasteiger partial charge < -0.3 is 12.4 Å². The Balaban J connectivity index is 0.00000176. The van der Waals surface area contributed by atoms with Crippen LogP contribution in [0.5, 0.6) is 0 Å². The third kappa shape index (κ3) is 3.50. The van der Waals surface area contributed by atoms with Crippen LogP contribution >= 0.6 is 0 Å². The average Bonchev–Trinajstić information content (AvgIpc) is 3.05. The molecule has 0 bridgehead atoms. The highest BCUT2D eigenvalue weighted by Gasteiger charge is 2.22. The van der Waals surface area contributed by atoms with Crippen LogP contribution in [0.15, 0.2) is 48.5 Å². The minimum atomic E-state index is 0. The summed E-state index contributed by atoms with van der Waals surface area (Å²) >= 11 is 0. The van der Waals surface area contributed by atoms with Gasteiger partial charge in [0.05, 0.1) is 0 Å². The summed E-state index contributed by atoms with van der Waals surface area (Å²) in [4.78, 5) is 2.33. The largest absolute Gasteiger partial charge is 1.00 e. The normalized spacial score (nSPS) is 13.7. The lowest BCUT2D eigenvalue weighted by Crippen LogP contribution is -3.00. The lowest BCUT2D eigenvalue weighted by molar-refractivity contribution is -0.424. The highest BCUT2D eigenvalue weighted by molar-refractivity contribution is 5.78. The molecule has 1 heterocycles. The van der Waals surface area contributed by atoms with Gasteiger partial charge in [-0.1, -0.05) is 38.1 Å². The third-order valence-electron chi connectivity index (χ3n) is 4.21. The van der Waals surface area contributed by atoms with Crippen molar-refractivity contribution in [1.82, 2.24) is 0 Å². The van der Waals surface area contributed by atoms with Crippen LogP contribution < -0.4 is 17.3 Å². The van der Waals surface area contributed by atoms with Crippen LogP contribution in [0.25, 0.3) is 0 Å². The van der Waals surface area contributed by atoms with E-state index in [0.29, 0.717) is 0 Å². The zero-order valence-electron chi connectivity index (χ0n) is 13.3. The monoisotopic (exact) mass is 314 g/mol. The van der Waals surface area contributed by atoms with Crippen molar-refractivity contribution in [1.29, 1.82) is 0 Å². The maximum Gasteiger partial charge on any atom is 0.244 e. The molecule has 0 spiro atoms. The van der Waals surface area contributed by atoms with Crippen LogP contribution in [0.2, 0.25) is 0 Å². The molecule has 0 saturated heterocycles. The van der Waals surface area contributed by atoms with Gasteiger partial charge in [-0.25, -0.2) is 9.48 Å². The van der Waals surface area contributed by atoms with Crippen molar-refractivity contribution < 1.29 is 17.0 Å². The highest BCUT2D eigenvalue weighted by atomic mass is 35.5. The SMILES string of the molecule is CCc1ccc(N2C=[N+](c3ccc(CC)cc3)CC2)cc1.[Cl-]. The third-order valence-corrected chi connectivity index (χ3v) is 4.21. The molecule has 22 heavy (non-hydrogen) atoms. The molecule has 0 aliphatic carbocycles. The molecular weight excluding hydrogens is 292 g/mol. The smallest absolute Gasteiger partial charge is 0.244 e. The molecule has 0 radical (unpaired) electrons. The minimum absolute atomic E-state index is 0. The fourth-order valence-corrected chi connectivity index (χ4v) is 2.74. The first-order chi connectivity index (χ1) is 10.3. The van der Waals surface area contributed by atoms with Crippen molar-refractivity contribution in [2.24, 2.45) is 0 Å². The Bertz CT molecular complexity index is 629. The molecule has 3 heteroatoms. The Kier molecular flexibility index (Phi) is 5.62. The molecule has 1 aliphatic rings. The van der Waals surface area contributed by atoms with Crippen LogP contribution in [0.1, 0.15) is 25.0 Å². The number of hydrogen-bond donors (Lipinski definition) is 0. The molecule has 2 aromatic carbocycles. The van der Waals surface area contributed by atoms with Gasteiger partial charge in [0.1, 0.15) is 24.5 Å². The molecule has 0 atom stereocenters. The van der Waals surface area contributed by atoms with Gasteiger partial charge in [0, 0.05) is 0 Å². The molecule has 1 aliphatic heterocycles. The second-order valence-electron chi connectivity index (χ2n) is 5.54. The average molecular weight is 315 g/mol. The predicted octanol–water partition coefficient (Wildman–Crippen LogP) is 1.01. The Labute approximate surface area is 139 Å². The summed E-state index contributed by atoms with van der Waals surface area (Å²) in [5.41, 5.74) is 5.34. The van der Waals surface area contributed by atoms with Gasteiger partial charge in [-0.15, -0.1) is 0 Å². The summed E-state index contributed by atoms with van der Waals surface area (Å²) in [6.45, 7) is 6.47. The fourth-order valence-electron chi connectivity index (χ4n) is 2.74. The fraction of sp³-hybridized carbons (Fsp3) is 0.316. The number of anilines is 1. The predicted molar refractivity (Wildman–Crippen MR) is 89.8 cm³/mol. The van der Waals surface area contributed by atoms with Crippen LogP contribution in [-0.4, -0.2) is 24.0 Å². The van der Waals surface area contributed by atoms with E-state index in [9.17, 15) is 0 Å². The molecule has 3 rings (SSSR count). The molecule has 0 aromatic heterocycles. The van der Waals surface area contributed by atoms with Crippen molar-refractivity contribution in [2.45, 2.75) is 26.7 Å². The molecule has 0 unspecified atom stereocenters. The quantitative estimate of drug-likeness (QED) is 0.764. The number of benzene rings is 2. The summed E-state index contributed by atoms with van der Waals surface area (Å²) in [6, 6.07) is 17.8. The number of rotatable bonds is 4. The molecule has 116 valence electrons. The first-order valence-electron chi connectivity index (χ1n) is 7.86. The van der Waals surface area contributed by atoms with Gasteiger partial charge in [-0.2, -0.15) is 0 Å². The van der Waals surface area contributed by atoms with Gasteiger partial charge >= 0.3 is 0 Å². The van der Waals surface area contributed by atoms with Gasteiger partial charge in [0.25, 0.3) is 0 Å². The maximum absolute atomic E-state index is 2.33. The van der Waals surface area contributed by atoms with Crippen LogP contribution in [0.4, 0.5) is 11.4 Å². The first kappa shape index (κ1) is 16.6. The molecule has 0 N–H and O–H groups in total. The van der Waals surface area contributed by atoms with E-state index in [1.807, 2.05) is 0 Å². The standard InChI is InChI=1S/C19H23N2.ClH/c1-3-16-5-9-18(10-6-16)20-13-14-21(15-20)19-11-7-17(4-2)8-12-19;/h5-12,15H,3-4,13-14H2,1-2H3;1H/q+1;/p-1. The Morgan fingerprint density at radius 3 is 1.95 bits per heavy atom. The molecule has 0 saturated carbocycles. The summed E-state index contributed by atoms with van der Waals surface area (Å²) in [6.07, 6.45) is 4.42. The van der Waals surface area contributed by atoms with E-state index >= 15 is 0 Å². The maximum atomic E-state index is 2.33. The lowest BCUT2D eigenvalue weighted by Gasteiger charge is -2.06. The van der Waals surface area contributed by atoms with Crippen molar-refractivity contribution in [3.8, 4) is 0 Å². The van der Waals surface area contributed by atoms with Crippen molar-refractivity contribution in [3.05, 3.63) is 59.7 Å². The van der Waals surface area contributed by atoms with E-state index in [1.54, 1.807) is 0 Å². The number of hydrogen-bond acceptors (Lipinski definition) is 1. The Morgan fingerprint density at radius 1 is 0.864 bits per heavy atom. The van der Waals surface area contributed by atoms with Gasteiger partial charge in [0.15, 0.2) is 0 Å². The number of halogens is 1. The molecular formula is C19H23ClN2. The first-order valence-corrected chi connectivity index (χ1v) is 7.86. The Hall–Kier alpha value is -1.80. The summed E-state index contributed by atoms with van der Waals surface area (Å²) in [7, 11) is 0. The van der Waals surface area contributed by atoms with E-state index in [1.165, 1.54) is 22.5 Å². The molecule has 2 aromatic rings. The van der Waals surface area contributed by atoms with E-state index in [4.69, 9.17) is 0 Å². The summed E-state index contributed by atoms with van der Waals surface area (Å²) < 4.78 is 2.33. The summed E-state index contributed by atoms with van der Waals surface area (Å²) in [5.74, 6) is 0. The second-order valence-corrected chi connectivity index (χ2v) is 5.54. The van der Waals surface area contributed by atoms with Crippen molar-refractivity contribution in [2.75, 3.05) is 18.0 Å². The van der Waals surface area contributed by atoms with Crippen molar-refractivity contribution >= 4 is 17.7 Å². The Morgan fingerprint density at radius 2 is 1.41 bits per heavy atom. The topological polar surface area (TPSA) is 6.25 Å². The summed E-state index contributed by atoms with van der Waals surface area (Å²) in [5, 5.41) is 0. The highest BCUT2D eigenvalue weighted by Crippen LogP contribution is 2.20. The van der Waals surface area contributed by atoms with E-state index < -0.39 is 0 Å². The van der Waals surface area contributed by atoms with E-state index in [-0.39, 0.29) is 12.4 Å². The zero-order chi connectivity index (χ0) is 14.7. The molecule has 0 fully saturated rings. The van der Waals surface area contributed by atoms with Gasteiger partial charge in [0.2, 0.25) is 6.34 Å². The van der Waals surface area contributed by atoms with Gasteiger partial charge in [-0.05, 0) is 48.2 Å². The van der Waals surface area contributed by atoms with E-state index in [2.05, 4.69) is 78.2 Å². The minimum Gasteiger partial charge on any atom is -1.00 e. The lowest BCUT2D eigenvalue weighted by atomic mass is 10.1. The zero-order valence-corrected chi connectivity index (χ0v) is 14.1. The number of aryl methyl sites for hydroxylation is 2.